The fourth-order valence-electron chi connectivity index (χ4n) is 6.67. The van der Waals surface area contributed by atoms with E-state index in [1.54, 1.807) is 6.92 Å². The van der Waals surface area contributed by atoms with Crippen molar-refractivity contribution in [3.05, 3.63) is 12.2 Å². The van der Waals surface area contributed by atoms with Crippen LogP contribution in [0.4, 0.5) is 0 Å². The van der Waals surface area contributed by atoms with Crippen LogP contribution in [0.2, 0.25) is 0 Å². The lowest BCUT2D eigenvalue weighted by Crippen LogP contribution is -2.74. The molecule has 4 saturated carbocycles. The molecule has 4 bridgehead atoms. The van der Waals surface area contributed by atoms with Gasteiger partial charge in [-0.05, 0) is 23.2 Å². The molecule has 0 aromatic carbocycles. The maximum atomic E-state index is 12.9. The van der Waals surface area contributed by atoms with Crippen LogP contribution in [-0.2, 0) is 38.0 Å². The Kier molecular flexibility index (Phi) is 9.98. The maximum Gasteiger partial charge on any atom is 0.333 e. The molecule has 4 rings (SSSR count). The predicted molar refractivity (Wildman–Crippen MR) is 154 cm³/mol. The van der Waals surface area contributed by atoms with Crippen molar-refractivity contribution < 1.29 is 38.0 Å². The summed E-state index contributed by atoms with van der Waals surface area (Å²) in [5, 5.41) is 0. The summed E-state index contributed by atoms with van der Waals surface area (Å²) in [6.07, 6.45) is 3.62. The van der Waals surface area contributed by atoms with E-state index in [-0.39, 0.29) is 36.6 Å². The average molecular weight is 569 g/mol. The van der Waals surface area contributed by atoms with Gasteiger partial charge in [-0.3, -0.25) is 0 Å². The first-order valence-corrected chi connectivity index (χ1v) is 14.7. The van der Waals surface area contributed by atoms with E-state index in [2.05, 4.69) is 68.9 Å². The number of esters is 1. The molecule has 0 saturated heterocycles. The molecule has 0 spiro atoms. The fourth-order valence-corrected chi connectivity index (χ4v) is 6.67. The zero-order chi connectivity index (χ0) is 30.1. The van der Waals surface area contributed by atoms with E-state index >= 15 is 0 Å². The van der Waals surface area contributed by atoms with Crippen molar-refractivity contribution in [1.29, 1.82) is 0 Å². The van der Waals surface area contributed by atoms with Gasteiger partial charge in [0.15, 0.2) is 0 Å². The molecule has 0 aromatic rings. The molecule has 40 heavy (non-hydrogen) atoms. The largest absolute Gasteiger partial charge is 0.455 e. The zero-order valence-corrected chi connectivity index (χ0v) is 27.0. The second kappa shape index (κ2) is 11.9. The minimum atomic E-state index is -0.817. The maximum absolute atomic E-state index is 12.9. The van der Waals surface area contributed by atoms with Crippen LogP contribution in [-0.4, -0.2) is 68.6 Å². The monoisotopic (exact) mass is 568 g/mol. The van der Waals surface area contributed by atoms with Gasteiger partial charge in [0, 0.05) is 44.1 Å². The summed E-state index contributed by atoms with van der Waals surface area (Å²) >= 11 is 0. The first-order valence-electron chi connectivity index (χ1n) is 14.7. The van der Waals surface area contributed by atoms with Crippen LogP contribution in [0.5, 0.6) is 0 Å². The normalized spacial score (nSPS) is 31.9. The topological polar surface area (TPSA) is 81.7 Å². The van der Waals surface area contributed by atoms with E-state index in [4.69, 9.17) is 33.2 Å². The second-order valence-electron chi connectivity index (χ2n) is 16.5. The third kappa shape index (κ3) is 9.50. The Hall–Kier alpha value is -1.03. The van der Waals surface area contributed by atoms with E-state index in [1.807, 2.05) is 0 Å². The summed E-state index contributed by atoms with van der Waals surface area (Å²) in [5.41, 5.74) is -2.32. The third-order valence-electron chi connectivity index (χ3n) is 7.47. The van der Waals surface area contributed by atoms with Crippen molar-refractivity contribution in [3.63, 3.8) is 0 Å². The van der Waals surface area contributed by atoms with Crippen LogP contribution in [0, 0.1) is 16.2 Å². The van der Waals surface area contributed by atoms with Crippen molar-refractivity contribution in [1.82, 2.24) is 0 Å². The van der Waals surface area contributed by atoms with Crippen molar-refractivity contribution in [2.24, 2.45) is 16.2 Å². The Morgan fingerprint density at radius 3 is 1.10 bits per heavy atom. The lowest BCUT2D eigenvalue weighted by Gasteiger charge is -2.68. The molecule has 0 radical (unpaired) electrons. The molecule has 232 valence electrons. The van der Waals surface area contributed by atoms with Crippen molar-refractivity contribution in [3.8, 4) is 0 Å². The van der Waals surface area contributed by atoms with Gasteiger partial charge in [-0.25, -0.2) is 4.79 Å². The zero-order valence-electron chi connectivity index (χ0n) is 27.0. The average Bonchev–Trinajstić information content (AvgIpc) is 2.74. The number of hydrogen-bond donors (Lipinski definition) is 0. The van der Waals surface area contributed by atoms with Gasteiger partial charge in [-0.2, -0.15) is 0 Å². The SMILES string of the molecule is C=C(C)C(=O)OC12CC3(OCOCC(C)(C)C)CC(OCOCC(C)(C)C)(CC(OCOCC(C)(C)C)(C3)C1)C2. The summed E-state index contributed by atoms with van der Waals surface area (Å²) in [7, 11) is 0. The highest BCUT2D eigenvalue weighted by Crippen LogP contribution is 2.65. The summed E-state index contributed by atoms with van der Waals surface area (Å²) in [4.78, 5) is 12.9. The molecule has 0 amide bonds. The Morgan fingerprint density at radius 1 is 0.575 bits per heavy atom. The van der Waals surface area contributed by atoms with Gasteiger partial charge in [-0.15, -0.1) is 0 Å². The molecule has 0 unspecified atom stereocenters. The Balaban J connectivity index is 1.88. The van der Waals surface area contributed by atoms with Crippen LogP contribution >= 0.6 is 0 Å². The van der Waals surface area contributed by atoms with Gasteiger partial charge in [0.1, 0.15) is 26.0 Å². The molecule has 0 atom stereocenters. The van der Waals surface area contributed by atoms with Crippen LogP contribution in [0.1, 0.15) is 108 Å². The summed E-state index contributed by atoms with van der Waals surface area (Å²) < 4.78 is 43.9. The molecule has 4 aliphatic carbocycles. The van der Waals surface area contributed by atoms with E-state index in [0.717, 1.165) is 0 Å². The highest BCUT2D eigenvalue weighted by Gasteiger charge is 2.72. The van der Waals surface area contributed by atoms with Crippen molar-refractivity contribution in [2.45, 2.75) is 130 Å². The Morgan fingerprint density at radius 2 is 0.850 bits per heavy atom. The first-order chi connectivity index (χ1) is 18.2. The second-order valence-corrected chi connectivity index (χ2v) is 16.5. The predicted octanol–water partition coefficient (Wildman–Crippen LogP) is 6.55. The lowest BCUT2D eigenvalue weighted by molar-refractivity contribution is -0.353. The van der Waals surface area contributed by atoms with Gasteiger partial charge in [0.25, 0.3) is 0 Å². The van der Waals surface area contributed by atoms with Crippen LogP contribution in [0.15, 0.2) is 12.2 Å². The molecule has 4 fully saturated rings. The highest BCUT2D eigenvalue weighted by atomic mass is 16.7. The standard InChI is InChI=1S/C32H56O8/c1-24(2)25(33)40-32-15-29(37-21-34-18-26(3,4)5)12-30(16-32,38-22-35-19-27(6,7)8)14-31(13-29,17-32)39-23-36-20-28(9,10)11/h1,12-23H2,2-11H3. The Bertz CT molecular complexity index is 789. The molecule has 8 nitrogen and oxygen atoms in total. The molecule has 0 aromatic heterocycles. The quantitative estimate of drug-likeness (QED) is 0.101. The highest BCUT2D eigenvalue weighted by molar-refractivity contribution is 5.87. The molecule has 0 aliphatic heterocycles. The molecular formula is C32H56O8. The number of carbonyl (C=O) groups excluding carboxylic acids is 1. The van der Waals surface area contributed by atoms with Crippen LogP contribution in [0.25, 0.3) is 0 Å². The minimum Gasteiger partial charge on any atom is -0.455 e. The van der Waals surface area contributed by atoms with E-state index in [0.29, 0.717) is 63.9 Å². The van der Waals surface area contributed by atoms with Crippen molar-refractivity contribution >= 4 is 5.97 Å². The summed E-state index contributed by atoms with van der Waals surface area (Å²) in [6, 6.07) is 0. The van der Waals surface area contributed by atoms with E-state index < -0.39 is 28.4 Å². The number of hydrogen-bond acceptors (Lipinski definition) is 8. The number of rotatable bonds is 14. The van der Waals surface area contributed by atoms with Gasteiger partial charge in [0.05, 0.1) is 36.6 Å². The summed E-state index contributed by atoms with van der Waals surface area (Å²) in [5.74, 6) is -0.403. The van der Waals surface area contributed by atoms with E-state index in [9.17, 15) is 4.79 Å². The molecule has 0 heterocycles. The third-order valence-corrected chi connectivity index (χ3v) is 7.47. The molecule has 4 aliphatic rings. The fraction of sp³-hybridized carbons (Fsp3) is 0.906. The molecule has 0 N–H and O–H groups in total. The van der Waals surface area contributed by atoms with Gasteiger partial charge >= 0.3 is 5.97 Å². The molecular weight excluding hydrogens is 512 g/mol. The molecule has 8 heteroatoms. The first kappa shape index (κ1) is 33.5. The van der Waals surface area contributed by atoms with Crippen LogP contribution < -0.4 is 0 Å². The van der Waals surface area contributed by atoms with Gasteiger partial charge in [-0.1, -0.05) is 68.9 Å². The smallest absolute Gasteiger partial charge is 0.333 e. The summed E-state index contributed by atoms with van der Waals surface area (Å²) in [6.45, 7) is 26.8. The Labute approximate surface area is 242 Å². The lowest BCUT2D eigenvalue weighted by atomic mass is 9.48. The van der Waals surface area contributed by atoms with E-state index in [1.165, 1.54) is 0 Å². The van der Waals surface area contributed by atoms with Crippen LogP contribution in [0.3, 0.4) is 0 Å². The minimum absolute atomic E-state index is 0.0204. The number of carbonyl (C=O) groups is 1. The van der Waals surface area contributed by atoms with Crippen molar-refractivity contribution in [2.75, 3.05) is 40.2 Å². The number of ether oxygens (including phenoxy) is 7. The van der Waals surface area contributed by atoms with Gasteiger partial charge in [0.2, 0.25) is 0 Å². The van der Waals surface area contributed by atoms with Gasteiger partial charge < -0.3 is 33.2 Å².